The Morgan fingerprint density at radius 2 is 2.04 bits per heavy atom. The standard InChI is InChI=1S/C16H20N4O4S/c1-25(22,23)20-7-4-12(5-8-20)16(21)19-10-14(11-19)24-15-13(9-17)3-2-6-18-15/h2-3,6,12,14H,4-5,7-8,10-11H2,1H3. The van der Waals surface area contributed by atoms with Crippen LogP contribution in [0.3, 0.4) is 0 Å². The Morgan fingerprint density at radius 1 is 1.36 bits per heavy atom. The summed E-state index contributed by atoms with van der Waals surface area (Å²) in [5.41, 5.74) is 0.375. The molecule has 8 nitrogen and oxygen atoms in total. The van der Waals surface area contributed by atoms with Crippen molar-refractivity contribution < 1.29 is 17.9 Å². The Hall–Kier alpha value is -2.18. The number of hydrogen-bond acceptors (Lipinski definition) is 6. The molecule has 2 saturated heterocycles. The van der Waals surface area contributed by atoms with E-state index in [0.717, 1.165) is 0 Å². The average molecular weight is 364 g/mol. The molecule has 0 radical (unpaired) electrons. The normalized spacial score (nSPS) is 19.9. The maximum absolute atomic E-state index is 12.5. The molecule has 0 unspecified atom stereocenters. The third-order valence-electron chi connectivity index (χ3n) is 4.60. The average Bonchev–Trinajstić information content (AvgIpc) is 2.57. The number of piperidine rings is 1. The van der Waals surface area contributed by atoms with Crippen LogP contribution in [0.4, 0.5) is 0 Å². The summed E-state index contributed by atoms with van der Waals surface area (Å²) in [6, 6.07) is 5.34. The van der Waals surface area contributed by atoms with E-state index in [9.17, 15) is 13.2 Å². The fraction of sp³-hybridized carbons (Fsp3) is 0.562. The Morgan fingerprint density at radius 3 is 2.64 bits per heavy atom. The van der Waals surface area contributed by atoms with E-state index in [1.807, 2.05) is 6.07 Å². The number of likely N-dealkylation sites (tertiary alicyclic amines) is 1. The molecule has 3 rings (SSSR count). The number of rotatable bonds is 4. The zero-order valence-electron chi connectivity index (χ0n) is 14.0. The second kappa shape index (κ2) is 6.98. The zero-order chi connectivity index (χ0) is 18.0. The number of nitriles is 1. The van der Waals surface area contributed by atoms with Gasteiger partial charge in [0.1, 0.15) is 17.7 Å². The molecular formula is C16H20N4O4S. The smallest absolute Gasteiger partial charge is 0.232 e. The van der Waals surface area contributed by atoms with Gasteiger partial charge >= 0.3 is 0 Å². The number of carbonyl (C=O) groups excluding carboxylic acids is 1. The minimum atomic E-state index is -3.18. The quantitative estimate of drug-likeness (QED) is 0.757. The van der Waals surface area contributed by atoms with Crippen molar-refractivity contribution in [1.29, 1.82) is 5.26 Å². The van der Waals surface area contributed by atoms with Crippen molar-refractivity contribution in [2.45, 2.75) is 18.9 Å². The van der Waals surface area contributed by atoms with Gasteiger partial charge in [-0.2, -0.15) is 5.26 Å². The lowest BCUT2D eigenvalue weighted by Gasteiger charge is -2.41. The molecule has 1 aromatic rings. The summed E-state index contributed by atoms with van der Waals surface area (Å²) in [5, 5.41) is 9.03. The monoisotopic (exact) mass is 364 g/mol. The lowest BCUT2D eigenvalue weighted by atomic mass is 9.95. The highest BCUT2D eigenvalue weighted by Crippen LogP contribution is 2.25. The summed E-state index contributed by atoms with van der Waals surface area (Å²) in [4.78, 5) is 18.3. The van der Waals surface area contributed by atoms with Crippen LogP contribution in [-0.4, -0.2) is 67.1 Å². The molecule has 1 aromatic heterocycles. The molecule has 0 N–H and O–H groups in total. The summed E-state index contributed by atoms with van der Waals surface area (Å²) in [6.07, 6.45) is 3.69. The van der Waals surface area contributed by atoms with Gasteiger partial charge in [-0.3, -0.25) is 4.79 Å². The molecule has 2 aliphatic rings. The molecule has 1 amide bonds. The van der Waals surface area contributed by atoms with Crippen molar-refractivity contribution >= 4 is 15.9 Å². The summed E-state index contributed by atoms with van der Waals surface area (Å²) in [7, 11) is -3.18. The molecule has 3 heterocycles. The maximum Gasteiger partial charge on any atom is 0.232 e. The van der Waals surface area contributed by atoms with E-state index >= 15 is 0 Å². The highest BCUT2D eigenvalue weighted by atomic mass is 32.2. The van der Waals surface area contributed by atoms with Gasteiger partial charge in [-0.25, -0.2) is 17.7 Å². The second-order valence-corrected chi connectivity index (χ2v) is 8.37. The SMILES string of the molecule is CS(=O)(=O)N1CCC(C(=O)N2CC(Oc3ncccc3C#N)C2)CC1. The summed E-state index contributed by atoms with van der Waals surface area (Å²) < 4.78 is 30.1. The van der Waals surface area contributed by atoms with Crippen molar-refractivity contribution in [3.05, 3.63) is 23.9 Å². The molecule has 134 valence electrons. The molecule has 0 bridgehead atoms. The topological polar surface area (TPSA) is 104 Å². The fourth-order valence-corrected chi connectivity index (χ4v) is 3.99. The van der Waals surface area contributed by atoms with E-state index in [2.05, 4.69) is 4.98 Å². The number of pyridine rings is 1. The molecule has 9 heteroatoms. The third kappa shape index (κ3) is 3.91. The van der Waals surface area contributed by atoms with Crippen molar-refractivity contribution in [2.24, 2.45) is 5.92 Å². The number of carbonyl (C=O) groups is 1. The van der Waals surface area contributed by atoms with Gasteiger partial charge in [-0.1, -0.05) is 0 Å². The van der Waals surface area contributed by atoms with Crippen LogP contribution < -0.4 is 4.74 Å². The van der Waals surface area contributed by atoms with Gasteiger partial charge in [0.05, 0.1) is 19.3 Å². The lowest BCUT2D eigenvalue weighted by Crippen LogP contribution is -2.58. The van der Waals surface area contributed by atoms with Crippen LogP contribution in [0.2, 0.25) is 0 Å². The molecule has 0 aliphatic carbocycles. The van der Waals surface area contributed by atoms with Crippen LogP contribution in [0, 0.1) is 17.2 Å². The molecule has 2 aliphatic heterocycles. The maximum atomic E-state index is 12.5. The summed E-state index contributed by atoms with van der Waals surface area (Å²) in [5.74, 6) is 0.210. The van der Waals surface area contributed by atoms with Gasteiger partial charge in [-0.15, -0.1) is 0 Å². The Kier molecular flexibility index (Phi) is 4.92. The molecule has 0 spiro atoms. The highest BCUT2D eigenvalue weighted by molar-refractivity contribution is 7.88. The van der Waals surface area contributed by atoms with Crippen LogP contribution >= 0.6 is 0 Å². The predicted molar refractivity (Wildman–Crippen MR) is 89.1 cm³/mol. The fourth-order valence-electron chi connectivity index (χ4n) is 3.11. The Labute approximate surface area is 147 Å². The van der Waals surface area contributed by atoms with Crippen LogP contribution in [0.25, 0.3) is 0 Å². The van der Waals surface area contributed by atoms with Crippen molar-refractivity contribution in [3.8, 4) is 11.9 Å². The van der Waals surface area contributed by atoms with Gasteiger partial charge in [0.2, 0.25) is 21.8 Å². The first-order chi connectivity index (χ1) is 11.9. The number of ether oxygens (including phenoxy) is 1. The Balaban J connectivity index is 1.48. The first-order valence-electron chi connectivity index (χ1n) is 8.14. The number of nitrogens with zero attached hydrogens (tertiary/aromatic N) is 4. The van der Waals surface area contributed by atoms with Crippen LogP contribution in [-0.2, 0) is 14.8 Å². The third-order valence-corrected chi connectivity index (χ3v) is 5.90. The summed E-state index contributed by atoms with van der Waals surface area (Å²) in [6.45, 7) is 1.71. The van der Waals surface area contributed by atoms with Gasteiger partial charge in [0.25, 0.3) is 0 Å². The molecule has 2 fully saturated rings. The first kappa shape index (κ1) is 17.6. The number of hydrogen-bond donors (Lipinski definition) is 0. The van der Waals surface area contributed by atoms with Crippen molar-refractivity contribution in [3.63, 3.8) is 0 Å². The predicted octanol–water partition coefficient (Wildman–Crippen LogP) is 0.214. The van der Waals surface area contributed by atoms with E-state index in [4.69, 9.17) is 10.00 Å². The first-order valence-corrected chi connectivity index (χ1v) is 9.99. The van der Waals surface area contributed by atoms with Gasteiger partial charge in [0.15, 0.2) is 0 Å². The van der Waals surface area contributed by atoms with E-state index in [1.165, 1.54) is 10.6 Å². The van der Waals surface area contributed by atoms with Crippen LogP contribution in [0.15, 0.2) is 18.3 Å². The molecular weight excluding hydrogens is 344 g/mol. The van der Waals surface area contributed by atoms with Crippen molar-refractivity contribution in [1.82, 2.24) is 14.2 Å². The van der Waals surface area contributed by atoms with Gasteiger partial charge in [0, 0.05) is 25.2 Å². The van der Waals surface area contributed by atoms with Crippen LogP contribution in [0.1, 0.15) is 18.4 Å². The summed E-state index contributed by atoms with van der Waals surface area (Å²) >= 11 is 0. The van der Waals surface area contributed by atoms with E-state index in [1.54, 1.807) is 23.2 Å². The largest absolute Gasteiger partial charge is 0.470 e. The molecule has 0 atom stereocenters. The number of sulfonamides is 1. The minimum absolute atomic E-state index is 0.0505. The van der Waals surface area contributed by atoms with Crippen LogP contribution in [0.5, 0.6) is 5.88 Å². The highest BCUT2D eigenvalue weighted by Gasteiger charge is 2.38. The number of aromatic nitrogens is 1. The minimum Gasteiger partial charge on any atom is -0.470 e. The Bertz CT molecular complexity index is 791. The number of amides is 1. The van der Waals surface area contributed by atoms with E-state index in [-0.39, 0.29) is 17.9 Å². The zero-order valence-corrected chi connectivity index (χ0v) is 14.8. The molecule has 0 aromatic carbocycles. The van der Waals surface area contributed by atoms with Gasteiger partial charge < -0.3 is 9.64 Å². The molecule has 25 heavy (non-hydrogen) atoms. The van der Waals surface area contributed by atoms with Gasteiger partial charge in [-0.05, 0) is 25.0 Å². The van der Waals surface area contributed by atoms with E-state index in [0.29, 0.717) is 50.5 Å². The van der Waals surface area contributed by atoms with Crippen molar-refractivity contribution in [2.75, 3.05) is 32.4 Å². The molecule has 0 saturated carbocycles. The van der Waals surface area contributed by atoms with E-state index < -0.39 is 10.0 Å². The second-order valence-electron chi connectivity index (χ2n) is 6.39. The lowest BCUT2D eigenvalue weighted by molar-refractivity contribution is -0.145.